The molecule has 1 unspecified atom stereocenters. The van der Waals surface area contributed by atoms with Crippen LogP contribution < -0.4 is 5.32 Å². The summed E-state index contributed by atoms with van der Waals surface area (Å²) in [7, 11) is 1.75. The third-order valence-electron chi connectivity index (χ3n) is 3.16. The minimum absolute atomic E-state index is 0.492. The van der Waals surface area contributed by atoms with E-state index < -0.39 is 0 Å². The molecule has 1 N–H and O–H groups in total. The van der Waals surface area contributed by atoms with Crippen LogP contribution in [0.5, 0.6) is 0 Å². The molecule has 2 rings (SSSR count). The third kappa shape index (κ3) is 3.27. The van der Waals surface area contributed by atoms with Gasteiger partial charge in [0.15, 0.2) is 0 Å². The second-order valence-electron chi connectivity index (χ2n) is 4.56. The summed E-state index contributed by atoms with van der Waals surface area (Å²) in [6.45, 7) is 4.08. The summed E-state index contributed by atoms with van der Waals surface area (Å²) in [4.78, 5) is 6.29. The summed E-state index contributed by atoms with van der Waals surface area (Å²) in [5.74, 6) is 0. The highest BCUT2D eigenvalue weighted by atomic mass is 32.1. The Balaban J connectivity index is 2.05. The van der Waals surface area contributed by atoms with E-state index in [1.165, 1.54) is 41.3 Å². The number of ether oxygens (including phenoxy) is 1. The number of rotatable bonds is 6. The van der Waals surface area contributed by atoms with Gasteiger partial charge in [0.25, 0.3) is 0 Å². The van der Waals surface area contributed by atoms with Crippen molar-refractivity contribution >= 4 is 11.3 Å². The molecule has 1 atom stereocenters. The van der Waals surface area contributed by atoms with Gasteiger partial charge in [-0.2, -0.15) is 0 Å². The van der Waals surface area contributed by atoms with E-state index in [1.54, 1.807) is 7.11 Å². The van der Waals surface area contributed by atoms with E-state index in [9.17, 15) is 0 Å². The zero-order valence-corrected chi connectivity index (χ0v) is 11.6. The maximum absolute atomic E-state index is 5.12. The first-order valence-corrected chi connectivity index (χ1v) is 7.37. The summed E-state index contributed by atoms with van der Waals surface area (Å²) in [6, 6.07) is 0.492. The average molecular weight is 254 g/mol. The van der Waals surface area contributed by atoms with E-state index in [0.29, 0.717) is 6.04 Å². The van der Waals surface area contributed by atoms with Gasteiger partial charge in [0, 0.05) is 18.4 Å². The molecule has 0 spiro atoms. The number of thiazole rings is 1. The lowest BCUT2D eigenvalue weighted by molar-refractivity contribution is 0.202. The summed E-state index contributed by atoms with van der Waals surface area (Å²) in [6.07, 6.45) is 5.88. The molecule has 1 aliphatic carbocycles. The van der Waals surface area contributed by atoms with Crippen molar-refractivity contribution in [2.24, 2.45) is 0 Å². The number of fused-ring (bicyclic) bond motifs is 1. The highest BCUT2D eigenvalue weighted by Crippen LogP contribution is 2.33. The second kappa shape index (κ2) is 6.47. The smallest absolute Gasteiger partial charge is 0.0954 e. The van der Waals surface area contributed by atoms with Crippen molar-refractivity contribution < 1.29 is 4.74 Å². The van der Waals surface area contributed by atoms with Gasteiger partial charge >= 0.3 is 0 Å². The summed E-state index contributed by atoms with van der Waals surface area (Å²) in [5, 5.41) is 4.85. The fourth-order valence-corrected chi connectivity index (χ4v) is 3.44. The van der Waals surface area contributed by atoms with Crippen molar-refractivity contribution in [2.45, 2.75) is 45.1 Å². The molecule has 1 aromatic rings. The van der Waals surface area contributed by atoms with Crippen molar-refractivity contribution in [1.29, 1.82) is 0 Å². The number of nitrogens with zero attached hydrogens (tertiary/aromatic N) is 1. The van der Waals surface area contributed by atoms with Crippen LogP contribution in [0.4, 0.5) is 0 Å². The third-order valence-corrected chi connectivity index (χ3v) is 4.35. The van der Waals surface area contributed by atoms with Crippen molar-refractivity contribution in [3.8, 4) is 0 Å². The van der Waals surface area contributed by atoms with Gasteiger partial charge in [0.1, 0.15) is 0 Å². The van der Waals surface area contributed by atoms with Gasteiger partial charge in [0.05, 0.1) is 23.4 Å². The van der Waals surface area contributed by atoms with E-state index in [-0.39, 0.29) is 0 Å². The van der Waals surface area contributed by atoms with Gasteiger partial charge in [-0.25, -0.2) is 4.98 Å². The van der Waals surface area contributed by atoms with Crippen molar-refractivity contribution in [2.75, 3.05) is 20.3 Å². The number of aryl methyl sites for hydroxylation is 1. The van der Waals surface area contributed by atoms with Crippen LogP contribution in [0.3, 0.4) is 0 Å². The van der Waals surface area contributed by atoms with Crippen LogP contribution in [0.15, 0.2) is 0 Å². The molecule has 0 aliphatic heterocycles. The van der Waals surface area contributed by atoms with Crippen molar-refractivity contribution in [1.82, 2.24) is 10.3 Å². The van der Waals surface area contributed by atoms with Gasteiger partial charge in [-0.15, -0.1) is 11.3 Å². The number of hydrogen-bond acceptors (Lipinski definition) is 4. The van der Waals surface area contributed by atoms with E-state index in [0.717, 1.165) is 19.6 Å². The van der Waals surface area contributed by atoms with Crippen LogP contribution in [0.25, 0.3) is 0 Å². The topological polar surface area (TPSA) is 34.1 Å². The van der Waals surface area contributed by atoms with Crippen molar-refractivity contribution in [3.05, 3.63) is 15.6 Å². The maximum Gasteiger partial charge on any atom is 0.0954 e. The molecule has 0 amide bonds. The molecule has 0 aromatic carbocycles. The highest BCUT2D eigenvalue weighted by Gasteiger charge is 2.23. The molecule has 0 bridgehead atoms. The Hall–Kier alpha value is -0.450. The van der Waals surface area contributed by atoms with Gasteiger partial charge in [-0.3, -0.25) is 0 Å². The molecule has 0 saturated heterocycles. The fourth-order valence-electron chi connectivity index (χ4n) is 2.28. The van der Waals surface area contributed by atoms with Crippen LogP contribution in [0.2, 0.25) is 0 Å². The summed E-state index contributed by atoms with van der Waals surface area (Å²) < 4.78 is 5.12. The Bertz CT molecular complexity index is 351. The zero-order chi connectivity index (χ0) is 12.1. The largest absolute Gasteiger partial charge is 0.384 e. The first kappa shape index (κ1) is 13.0. The van der Waals surface area contributed by atoms with E-state index in [2.05, 4.69) is 12.2 Å². The lowest BCUT2D eigenvalue weighted by Gasteiger charge is -2.22. The van der Waals surface area contributed by atoms with Crippen LogP contribution in [0.1, 0.15) is 47.8 Å². The maximum atomic E-state index is 5.12. The fraction of sp³-hybridized carbons (Fsp3) is 0.769. The van der Waals surface area contributed by atoms with E-state index in [4.69, 9.17) is 9.72 Å². The standard InChI is InChI=1S/C13H22N2OS/c1-3-8-14-10-5-4-6-11-13(10)15-12(17-11)7-9-16-2/h10,14H,3-9H2,1-2H3. The second-order valence-corrected chi connectivity index (χ2v) is 5.73. The van der Waals surface area contributed by atoms with Gasteiger partial charge in [0.2, 0.25) is 0 Å². The minimum atomic E-state index is 0.492. The molecule has 4 heteroatoms. The number of hydrogen-bond donors (Lipinski definition) is 1. The summed E-state index contributed by atoms with van der Waals surface area (Å²) >= 11 is 1.88. The SMILES string of the molecule is CCCNC1CCCc2sc(CCOC)nc21. The molecule has 1 aliphatic rings. The molecule has 96 valence electrons. The number of aromatic nitrogens is 1. The quantitative estimate of drug-likeness (QED) is 0.847. The Morgan fingerprint density at radius 1 is 1.53 bits per heavy atom. The first-order chi connectivity index (χ1) is 8.35. The predicted molar refractivity (Wildman–Crippen MR) is 71.7 cm³/mol. The molecule has 3 nitrogen and oxygen atoms in total. The first-order valence-electron chi connectivity index (χ1n) is 6.56. The lowest BCUT2D eigenvalue weighted by atomic mass is 9.97. The molecule has 17 heavy (non-hydrogen) atoms. The summed E-state index contributed by atoms with van der Waals surface area (Å²) in [5.41, 5.74) is 1.32. The molecule has 1 heterocycles. The minimum Gasteiger partial charge on any atom is -0.384 e. The van der Waals surface area contributed by atoms with Crippen molar-refractivity contribution in [3.63, 3.8) is 0 Å². The van der Waals surface area contributed by atoms with Gasteiger partial charge in [-0.1, -0.05) is 6.92 Å². The lowest BCUT2D eigenvalue weighted by Crippen LogP contribution is -2.25. The Kier molecular flexibility index (Phi) is 4.95. The van der Waals surface area contributed by atoms with Crippen LogP contribution >= 0.6 is 11.3 Å². The monoisotopic (exact) mass is 254 g/mol. The Morgan fingerprint density at radius 2 is 2.41 bits per heavy atom. The molecule has 0 radical (unpaired) electrons. The van der Waals surface area contributed by atoms with Crippen LogP contribution in [-0.4, -0.2) is 25.2 Å². The average Bonchev–Trinajstić information content (AvgIpc) is 2.77. The number of methoxy groups -OCH3 is 1. The predicted octanol–water partition coefficient (Wildman–Crippen LogP) is 2.71. The van der Waals surface area contributed by atoms with Crippen LogP contribution in [-0.2, 0) is 17.6 Å². The molecule has 0 saturated carbocycles. The Morgan fingerprint density at radius 3 is 3.18 bits per heavy atom. The van der Waals surface area contributed by atoms with Gasteiger partial charge < -0.3 is 10.1 Å². The van der Waals surface area contributed by atoms with Crippen LogP contribution in [0, 0.1) is 0 Å². The van der Waals surface area contributed by atoms with E-state index >= 15 is 0 Å². The molecule has 1 aromatic heterocycles. The molecular formula is C13H22N2OS. The van der Waals surface area contributed by atoms with Gasteiger partial charge in [-0.05, 0) is 32.2 Å². The molecule has 0 fully saturated rings. The number of nitrogens with one attached hydrogen (secondary N) is 1. The zero-order valence-electron chi connectivity index (χ0n) is 10.8. The van der Waals surface area contributed by atoms with E-state index in [1.807, 2.05) is 11.3 Å². The highest BCUT2D eigenvalue weighted by molar-refractivity contribution is 7.11. The normalized spacial score (nSPS) is 19.3. The Labute approximate surface area is 108 Å². The molecular weight excluding hydrogens is 232 g/mol.